The quantitative estimate of drug-likeness (QED) is 0.497. The Labute approximate surface area is 171 Å². The molecule has 8 nitrogen and oxygen atoms in total. The van der Waals surface area contributed by atoms with Gasteiger partial charge in [-0.1, -0.05) is 12.1 Å². The van der Waals surface area contributed by atoms with Crippen molar-refractivity contribution in [2.24, 2.45) is 0 Å². The molecule has 2 N–H and O–H groups in total. The van der Waals surface area contributed by atoms with Crippen molar-refractivity contribution < 1.29 is 9.18 Å². The van der Waals surface area contributed by atoms with Crippen LogP contribution in [0.1, 0.15) is 23.0 Å². The zero-order valence-electron chi connectivity index (χ0n) is 16.4. The molecule has 0 fully saturated rings. The summed E-state index contributed by atoms with van der Waals surface area (Å²) in [7, 11) is 0. The van der Waals surface area contributed by atoms with E-state index in [1.54, 1.807) is 48.0 Å². The third-order valence-electron chi connectivity index (χ3n) is 4.79. The monoisotopic (exact) mass is 406 g/mol. The maximum Gasteiger partial charge on any atom is 0.273 e. The van der Waals surface area contributed by atoms with Crippen molar-refractivity contribution in [1.29, 1.82) is 0 Å². The normalized spacial score (nSPS) is 10.9. The van der Waals surface area contributed by atoms with Crippen molar-refractivity contribution in [2.45, 2.75) is 20.4 Å². The van der Waals surface area contributed by atoms with Gasteiger partial charge < -0.3 is 0 Å². The van der Waals surface area contributed by atoms with Gasteiger partial charge in [0.15, 0.2) is 0 Å². The SMILES string of the molecule is CCn1c(NNC(=O)c2cnn(-c3ccc(F)cc3)c2C)nc2ccccc2c1=O. The van der Waals surface area contributed by atoms with Crippen molar-refractivity contribution >= 4 is 22.8 Å². The fraction of sp³-hybridized carbons (Fsp3) is 0.143. The summed E-state index contributed by atoms with van der Waals surface area (Å²) in [5.41, 5.74) is 7.21. The van der Waals surface area contributed by atoms with Gasteiger partial charge in [-0.15, -0.1) is 0 Å². The Hall–Kier alpha value is -4.01. The largest absolute Gasteiger partial charge is 0.277 e. The fourth-order valence-electron chi connectivity index (χ4n) is 3.21. The predicted molar refractivity (Wildman–Crippen MR) is 111 cm³/mol. The number of nitrogens with one attached hydrogen (secondary N) is 2. The number of amides is 1. The minimum absolute atomic E-state index is 0.194. The van der Waals surface area contributed by atoms with E-state index in [1.165, 1.54) is 22.9 Å². The lowest BCUT2D eigenvalue weighted by atomic mass is 10.2. The van der Waals surface area contributed by atoms with Gasteiger partial charge in [-0.3, -0.25) is 25.0 Å². The molecule has 0 bridgehead atoms. The smallest absolute Gasteiger partial charge is 0.273 e. The van der Waals surface area contributed by atoms with Crippen LogP contribution in [0.15, 0.2) is 59.5 Å². The van der Waals surface area contributed by atoms with Gasteiger partial charge >= 0.3 is 0 Å². The van der Waals surface area contributed by atoms with E-state index >= 15 is 0 Å². The summed E-state index contributed by atoms with van der Waals surface area (Å²) in [4.78, 5) is 29.8. The molecule has 0 aliphatic carbocycles. The summed E-state index contributed by atoms with van der Waals surface area (Å²) in [6.07, 6.45) is 1.43. The van der Waals surface area contributed by atoms with Gasteiger partial charge in [0.25, 0.3) is 11.5 Å². The number of anilines is 1. The number of carbonyl (C=O) groups is 1. The zero-order chi connectivity index (χ0) is 21.3. The van der Waals surface area contributed by atoms with E-state index in [1.807, 2.05) is 6.92 Å². The van der Waals surface area contributed by atoms with Crippen LogP contribution < -0.4 is 16.4 Å². The van der Waals surface area contributed by atoms with Crippen molar-refractivity contribution in [3.8, 4) is 5.69 Å². The van der Waals surface area contributed by atoms with Crippen LogP contribution >= 0.6 is 0 Å². The average molecular weight is 406 g/mol. The molecule has 4 rings (SSSR count). The van der Waals surface area contributed by atoms with E-state index in [0.29, 0.717) is 34.4 Å². The number of aromatic nitrogens is 4. The zero-order valence-corrected chi connectivity index (χ0v) is 16.4. The third-order valence-corrected chi connectivity index (χ3v) is 4.79. The van der Waals surface area contributed by atoms with Crippen LogP contribution in [0.25, 0.3) is 16.6 Å². The minimum atomic E-state index is -0.439. The van der Waals surface area contributed by atoms with Crippen LogP contribution in [0, 0.1) is 12.7 Å². The van der Waals surface area contributed by atoms with Gasteiger partial charge in [0.2, 0.25) is 5.95 Å². The topological polar surface area (TPSA) is 93.8 Å². The highest BCUT2D eigenvalue weighted by Gasteiger charge is 2.16. The molecule has 1 amide bonds. The Morgan fingerprint density at radius 1 is 1.13 bits per heavy atom. The summed E-state index contributed by atoms with van der Waals surface area (Å²) < 4.78 is 16.1. The first kappa shape index (κ1) is 19.3. The molecular formula is C21H19FN6O2. The Kier molecular flexibility index (Phi) is 5.01. The van der Waals surface area contributed by atoms with Crippen LogP contribution in [-0.4, -0.2) is 25.2 Å². The summed E-state index contributed by atoms with van der Waals surface area (Å²) in [6, 6.07) is 12.8. The third kappa shape index (κ3) is 3.41. The number of para-hydroxylation sites is 1. The van der Waals surface area contributed by atoms with Gasteiger partial charge in [-0.05, 0) is 50.2 Å². The number of carbonyl (C=O) groups excluding carboxylic acids is 1. The minimum Gasteiger partial charge on any atom is -0.277 e. The number of hydrogen-bond acceptors (Lipinski definition) is 5. The summed E-state index contributed by atoms with van der Waals surface area (Å²) >= 11 is 0. The molecule has 152 valence electrons. The molecule has 0 saturated carbocycles. The number of hydrazine groups is 1. The first-order valence-electron chi connectivity index (χ1n) is 9.36. The molecule has 0 aliphatic rings. The van der Waals surface area contributed by atoms with Gasteiger partial charge in [0.05, 0.1) is 34.0 Å². The molecule has 0 radical (unpaired) electrons. The molecule has 0 unspecified atom stereocenters. The van der Waals surface area contributed by atoms with E-state index in [9.17, 15) is 14.0 Å². The second-order valence-electron chi connectivity index (χ2n) is 6.61. The average Bonchev–Trinajstić information content (AvgIpc) is 3.14. The molecule has 2 aromatic carbocycles. The first-order chi connectivity index (χ1) is 14.5. The first-order valence-corrected chi connectivity index (χ1v) is 9.36. The molecule has 0 spiro atoms. The second kappa shape index (κ2) is 7.78. The highest BCUT2D eigenvalue weighted by atomic mass is 19.1. The van der Waals surface area contributed by atoms with Crippen molar-refractivity contribution in [3.05, 3.63) is 82.2 Å². The Bertz CT molecular complexity index is 1290. The van der Waals surface area contributed by atoms with Crippen LogP contribution in [0.3, 0.4) is 0 Å². The van der Waals surface area contributed by atoms with Crippen LogP contribution in [0.2, 0.25) is 0 Å². The molecule has 0 saturated heterocycles. The van der Waals surface area contributed by atoms with E-state index in [2.05, 4.69) is 20.9 Å². The van der Waals surface area contributed by atoms with Crippen molar-refractivity contribution in [3.63, 3.8) is 0 Å². The fourth-order valence-corrected chi connectivity index (χ4v) is 3.21. The number of nitrogens with zero attached hydrogens (tertiary/aromatic N) is 4. The number of fused-ring (bicyclic) bond motifs is 1. The van der Waals surface area contributed by atoms with E-state index in [4.69, 9.17) is 0 Å². The molecule has 4 aromatic rings. The van der Waals surface area contributed by atoms with Crippen molar-refractivity contribution in [1.82, 2.24) is 24.8 Å². The van der Waals surface area contributed by atoms with E-state index in [0.717, 1.165) is 0 Å². The molecule has 0 aliphatic heterocycles. The highest BCUT2D eigenvalue weighted by molar-refractivity contribution is 5.95. The van der Waals surface area contributed by atoms with Crippen molar-refractivity contribution in [2.75, 3.05) is 5.43 Å². The van der Waals surface area contributed by atoms with E-state index < -0.39 is 5.91 Å². The lowest BCUT2D eigenvalue weighted by molar-refractivity contribution is 0.0961. The molecular weight excluding hydrogens is 387 g/mol. The Morgan fingerprint density at radius 3 is 2.60 bits per heavy atom. The summed E-state index contributed by atoms with van der Waals surface area (Å²) in [5, 5.41) is 4.72. The molecule has 30 heavy (non-hydrogen) atoms. The lowest BCUT2D eigenvalue weighted by Gasteiger charge is -2.14. The van der Waals surface area contributed by atoms with Crippen LogP contribution in [0.4, 0.5) is 10.3 Å². The lowest BCUT2D eigenvalue weighted by Crippen LogP contribution is -2.34. The highest BCUT2D eigenvalue weighted by Crippen LogP contribution is 2.15. The van der Waals surface area contributed by atoms with Gasteiger partial charge in [0.1, 0.15) is 5.82 Å². The van der Waals surface area contributed by atoms with Crippen LogP contribution in [0.5, 0.6) is 0 Å². The number of rotatable bonds is 5. The Balaban J connectivity index is 1.59. The summed E-state index contributed by atoms with van der Waals surface area (Å²) in [6.45, 7) is 3.94. The molecule has 0 atom stereocenters. The second-order valence-corrected chi connectivity index (χ2v) is 6.61. The Morgan fingerprint density at radius 2 is 1.87 bits per heavy atom. The number of hydrogen-bond donors (Lipinski definition) is 2. The predicted octanol–water partition coefficient (Wildman–Crippen LogP) is 2.81. The maximum atomic E-state index is 13.2. The number of halogens is 1. The molecule has 9 heteroatoms. The van der Waals surface area contributed by atoms with Gasteiger partial charge in [-0.2, -0.15) is 5.10 Å². The van der Waals surface area contributed by atoms with E-state index in [-0.39, 0.29) is 17.3 Å². The molecule has 2 heterocycles. The molecule has 2 aromatic heterocycles. The number of benzene rings is 2. The standard InChI is InChI=1S/C21H19FN6O2/c1-3-27-20(30)16-6-4-5-7-18(16)24-21(27)26-25-19(29)17-12-23-28(13(17)2)15-10-8-14(22)9-11-15/h4-12H,3H2,1-2H3,(H,24,26)(H,25,29). The van der Waals surface area contributed by atoms with Gasteiger partial charge in [0, 0.05) is 6.54 Å². The maximum absolute atomic E-state index is 13.2. The van der Waals surface area contributed by atoms with Crippen LogP contribution in [-0.2, 0) is 6.54 Å². The summed E-state index contributed by atoms with van der Waals surface area (Å²) in [5.74, 6) is -0.556. The van der Waals surface area contributed by atoms with Gasteiger partial charge in [-0.25, -0.2) is 14.1 Å².